The van der Waals surface area contributed by atoms with Gasteiger partial charge < -0.3 is 14.5 Å². The Hall–Kier alpha value is -2.52. The maximum absolute atomic E-state index is 13.9. The molecule has 0 spiro atoms. The molecule has 0 saturated carbocycles. The van der Waals surface area contributed by atoms with Gasteiger partial charge in [0.15, 0.2) is 11.6 Å². The van der Waals surface area contributed by atoms with Crippen molar-refractivity contribution in [2.45, 2.75) is 0 Å². The number of likely N-dealkylation sites (N-methyl/N-ethyl adjacent to an activating group) is 1. The monoisotopic (exact) mass is 367 g/mol. The van der Waals surface area contributed by atoms with Crippen molar-refractivity contribution in [1.82, 2.24) is 14.9 Å². The Bertz CT molecular complexity index is 799. The molecule has 2 heterocycles. The first-order valence-corrected chi connectivity index (χ1v) is 7.89. The van der Waals surface area contributed by atoms with Crippen molar-refractivity contribution < 1.29 is 14.1 Å². The van der Waals surface area contributed by atoms with E-state index in [1.165, 1.54) is 18.5 Å². The lowest BCUT2D eigenvalue weighted by molar-refractivity contribution is -0.385. The highest BCUT2D eigenvalue weighted by molar-refractivity contribution is 6.30. The summed E-state index contributed by atoms with van der Waals surface area (Å²) in [7, 11) is 1.98. The number of nitro groups is 1. The van der Waals surface area contributed by atoms with Crippen LogP contribution < -0.4 is 9.64 Å². The first kappa shape index (κ1) is 17.3. The van der Waals surface area contributed by atoms with E-state index in [4.69, 9.17) is 16.3 Å². The van der Waals surface area contributed by atoms with Crippen LogP contribution in [0.4, 0.5) is 15.9 Å². The van der Waals surface area contributed by atoms with Gasteiger partial charge in [-0.25, -0.2) is 9.37 Å². The second-order valence-corrected chi connectivity index (χ2v) is 6.01. The molecule has 1 saturated heterocycles. The molecule has 1 fully saturated rings. The molecular formula is C15H15ClFN5O3. The molecule has 0 unspecified atom stereocenters. The molecule has 1 aromatic carbocycles. The highest BCUT2D eigenvalue weighted by Crippen LogP contribution is 2.37. The minimum atomic E-state index is -0.735. The maximum atomic E-state index is 13.9. The Labute approximate surface area is 148 Å². The van der Waals surface area contributed by atoms with Crippen LogP contribution in [0.3, 0.4) is 0 Å². The van der Waals surface area contributed by atoms with Crippen LogP contribution in [0.15, 0.2) is 24.5 Å². The van der Waals surface area contributed by atoms with Gasteiger partial charge in [-0.2, -0.15) is 4.98 Å². The lowest BCUT2D eigenvalue weighted by Crippen LogP contribution is -2.45. The van der Waals surface area contributed by atoms with Crippen molar-refractivity contribution >= 4 is 23.1 Å². The van der Waals surface area contributed by atoms with Gasteiger partial charge in [-0.1, -0.05) is 11.6 Å². The average molecular weight is 368 g/mol. The van der Waals surface area contributed by atoms with Gasteiger partial charge in [-0.05, 0) is 25.2 Å². The van der Waals surface area contributed by atoms with Gasteiger partial charge in [0.1, 0.15) is 6.33 Å². The number of benzene rings is 1. The summed E-state index contributed by atoms with van der Waals surface area (Å²) in [5.41, 5.74) is -0.388. The molecule has 1 aromatic heterocycles. The van der Waals surface area contributed by atoms with E-state index in [-0.39, 0.29) is 28.2 Å². The number of rotatable bonds is 4. The van der Waals surface area contributed by atoms with Crippen LogP contribution in [0.25, 0.3) is 0 Å². The van der Waals surface area contributed by atoms with Gasteiger partial charge in [-0.3, -0.25) is 10.1 Å². The molecule has 132 valence electrons. The molecule has 8 nitrogen and oxygen atoms in total. The van der Waals surface area contributed by atoms with Crippen LogP contribution in [0.1, 0.15) is 0 Å². The quantitative estimate of drug-likeness (QED) is 0.606. The first-order chi connectivity index (χ1) is 12.0. The van der Waals surface area contributed by atoms with Gasteiger partial charge in [-0.15, -0.1) is 0 Å². The Morgan fingerprint density at radius 3 is 2.64 bits per heavy atom. The zero-order valence-electron chi connectivity index (χ0n) is 13.4. The lowest BCUT2D eigenvalue weighted by atomic mass is 10.3. The van der Waals surface area contributed by atoms with E-state index in [9.17, 15) is 14.5 Å². The van der Waals surface area contributed by atoms with Crippen LogP contribution in [0.2, 0.25) is 5.02 Å². The molecule has 0 radical (unpaired) electrons. The van der Waals surface area contributed by atoms with E-state index >= 15 is 0 Å². The molecule has 2 aromatic rings. The number of nitrogens with zero attached hydrogens (tertiary/aromatic N) is 5. The summed E-state index contributed by atoms with van der Waals surface area (Å²) in [5, 5.41) is 11.8. The summed E-state index contributed by atoms with van der Waals surface area (Å²) in [4.78, 5) is 22.7. The second kappa shape index (κ2) is 7.16. The number of halogens is 2. The molecule has 0 amide bonds. The SMILES string of the molecule is CN1CCN(c2ncnc(Oc3ccc(Cl)cc3F)c2[N+](=O)[O-])CC1. The standard InChI is InChI=1S/C15H15ClFN5O3/c1-20-4-6-21(7-5-20)14-13(22(23)24)15(19-9-18-14)25-12-3-2-10(16)8-11(12)17/h2-3,8-9H,4-7H2,1H3. The Balaban J connectivity index is 1.96. The smallest absolute Gasteiger partial charge is 0.373 e. The van der Waals surface area contributed by atoms with Gasteiger partial charge in [0.2, 0.25) is 5.82 Å². The van der Waals surface area contributed by atoms with Gasteiger partial charge in [0, 0.05) is 31.2 Å². The van der Waals surface area contributed by atoms with Crippen LogP contribution in [0, 0.1) is 15.9 Å². The molecule has 1 aliphatic rings. The van der Waals surface area contributed by atoms with E-state index in [0.29, 0.717) is 13.1 Å². The molecule has 0 bridgehead atoms. The van der Waals surface area contributed by atoms with Crippen LogP contribution in [0.5, 0.6) is 11.6 Å². The summed E-state index contributed by atoms with van der Waals surface area (Å²) < 4.78 is 19.3. The third-order valence-corrected chi connectivity index (χ3v) is 4.09. The summed E-state index contributed by atoms with van der Waals surface area (Å²) in [6, 6.07) is 3.78. The number of hydrogen-bond donors (Lipinski definition) is 0. The third kappa shape index (κ3) is 3.77. The number of aromatic nitrogens is 2. The topological polar surface area (TPSA) is 84.6 Å². The predicted molar refractivity (Wildman–Crippen MR) is 89.9 cm³/mol. The van der Waals surface area contributed by atoms with Crippen LogP contribution >= 0.6 is 11.6 Å². The summed E-state index contributed by atoms with van der Waals surface area (Å²) >= 11 is 5.70. The van der Waals surface area contributed by atoms with Crippen molar-refractivity contribution in [2.24, 2.45) is 0 Å². The molecule has 10 heteroatoms. The Kier molecular flexibility index (Phi) is 4.95. The maximum Gasteiger partial charge on any atom is 0.373 e. The van der Waals surface area contributed by atoms with E-state index in [1.807, 2.05) is 7.05 Å². The minimum absolute atomic E-state index is 0.164. The van der Waals surface area contributed by atoms with Gasteiger partial charge in [0.25, 0.3) is 0 Å². The van der Waals surface area contributed by atoms with Crippen LogP contribution in [-0.4, -0.2) is 53.0 Å². The fraction of sp³-hybridized carbons (Fsp3) is 0.333. The van der Waals surface area contributed by atoms with Crippen molar-refractivity contribution in [3.05, 3.63) is 45.5 Å². The van der Waals surface area contributed by atoms with E-state index in [1.54, 1.807) is 4.90 Å². The van der Waals surface area contributed by atoms with Crippen molar-refractivity contribution in [3.63, 3.8) is 0 Å². The minimum Gasteiger partial charge on any atom is -0.430 e. The summed E-state index contributed by atoms with van der Waals surface area (Å²) in [6.07, 6.45) is 1.17. The molecule has 25 heavy (non-hydrogen) atoms. The molecule has 0 N–H and O–H groups in total. The fourth-order valence-electron chi connectivity index (χ4n) is 2.50. The molecule has 0 aliphatic carbocycles. The second-order valence-electron chi connectivity index (χ2n) is 5.58. The largest absolute Gasteiger partial charge is 0.430 e. The van der Waals surface area contributed by atoms with Gasteiger partial charge >= 0.3 is 11.6 Å². The number of piperazine rings is 1. The normalized spacial score (nSPS) is 15.2. The fourth-order valence-corrected chi connectivity index (χ4v) is 2.66. The highest BCUT2D eigenvalue weighted by atomic mass is 35.5. The Morgan fingerprint density at radius 1 is 1.28 bits per heavy atom. The van der Waals surface area contributed by atoms with Crippen molar-refractivity contribution in [3.8, 4) is 11.6 Å². The average Bonchev–Trinajstić information content (AvgIpc) is 2.57. The number of hydrogen-bond acceptors (Lipinski definition) is 7. The summed E-state index contributed by atoms with van der Waals surface area (Å²) in [5.74, 6) is -1.08. The zero-order chi connectivity index (χ0) is 18.0. The molecule has 3 rings (SSSR count). The van der Waals surface area contributed by atoms with Crippen molar-refractivity contribution in [1.29, 1.82) is 0 Å². The third-order valence-electron chi connectivity index (χ3n) is 3.86. The molecule has 0 atom stereocenters. The van der Waals surface area contributed by atoms with Crippen molar-refractivity contribution in [2.75, 3.05) is 38.1 Å². The van der Waals surface area contributed by atoms with Gasteiger partial charge in [0.05, 0.1) is 4.92 Å². The highest BCUT2D eigenvalue weighted by Gasteiger charge is 2.30. The van der Waals surface area contributed by atoms with E-state index in [2.05, 4.69) is 14.9 Å². The Morgan fingerprint density at radius 2 is 2.00 bits per heavy atom. The lowest BCUT2D eigenvalue weighted by Gasteiger charge is -2.32. The van der Waals surface area contributed by atoms with E-state index in [0.717, 1.165) is 19.2 Å². The number of ether oxygens (including phenoxy) is 1. The summed E-state index contributed by atoms with van der Waals surface area (Å²) in [6.45, 7) is 2.68. The number of anilines is 1. The van der Waals surface area contributed by atoms with E-state index < -0.39 is 10.7 Å². The first-order valence-electron chi connectivity index (χ1n) is 7.51. The zero-order valence-corrected chi connectivity index (χ0v) is 14.1. The predicted octanol–water partition coefficient (Wildman–Crippen LogP) is 2.72. The molecule has 1 aliphatic heterocycles. The van der Waals surface area contributed by atoms with Crippen LogP contribution in [-0.2, 0) is 0 Å². The molecular weight excluding hydrogens is 353 g/mol.